The maximum absolute atomic E-state index is 13.1. The molecule has 0 aromatic heterocycles. The minimum absolute atomic E-state index is 0.0624. The summed E-state index contributed by atoms with van der Waals surface area (Å²) in [6.45, 7) is 5.84. The van der Waals surface area contributed by atoms with E-state index in [0.29, 0.717) is 19.3 Å². The Morgan fingerprint density at radius 2 is 0.913 bits per heavy atom. The van der Waals surface area contributed by atoms with Crippen molar-refractivity contribution in [3.63, 3.8) is 0 Å². The molecule has 1 saturated heterocycles. The Morgan fingerprint density at radius 1 is 0.493 bits per heavy atom. The van der Waals surface area contributed by atoms with Crippen LogP contribution in [-0.4, -0.2) is 89.2 Å². The van der Waals surface area contributed by atoms with Crippen LogP contribution in [0.1, 0.15) is 252 Å². The molecule has 1 aliphatic rings. The van der Waals surface area contributed by atoms with Crippen molar-refractivity contribution in [2.45, 2.75) is 289 Å². The summed E-state index contributed by atoms with van der Waals surface area (Å²) in [4.78, 5) is 50.9. The van der Waals surface area contributed by atoms with Crippen LogP contribution < -0.4 is 0 Å². The lowest BCUT2D eigenvalue weighted by Gasteiger charge is -2.40. The predicted octanol–water partition coefficient (Wildman–Crippen LogP) is 13.7. The molecule has 1 fully saturated rings. The number of hydrogen-bond acceptors (Lipinski definition) is 11. The molecule has 1 rings (SSSR count). The number of hydrogen-bond donors (Lipinski definition) is 3. The highest BCUT2D eigenvalue weighted by Gasteiger charge is 2.50. The molecule has 1 heterocycles. The van der Waals surface area contributed by atoms with Gasteiger partial charge in [0.2, 0.25) is 0 Å². The lowest BCUT2D eigenvalue weighted by atomic mass is 9.98. The summed E-state index contributed by atoms with van der Waals surface area (Å²) in [5.41, 5.74) is 0. The number of aliphatic hydroxyl groups is 2. The monoisotopic (exact) mass is 977 g/mol. The molecule has 0 aromatic carbocycles. The van der Waals surface area contributed by atoms with E-state index in [1.165, 1.54) is 96.3 Å². The van der Waals surface area contributed by atoms with Gasteiger partial charge in [0.25, 0.3) is 0 Å². The summed E-state index contributed by atoms with van der Waals surface area (Å²) >= 11 is 0. The first-order valence-electron chi connectivity index (χ1n) is 28.0. The van der Waals surface area contributed by atoms with Gasteiger partial charge in [-0.25, -0.2) is 4.79 Å². The maximum atomic E-state index is 13.1. The summed E-state index contributed by atoms with van der Waals surface area (Å²) in [6.07, 6.45) is 39.9. The first-order valence-corrected chi connectivity index (χ1v) is 28.0. The fourth-order valence-corrected chi connectivity index (χ4v) is 8.44. The SMILES string of the molecule is CC/C=C\C/C=C\C/C=C\CCCCCCCC(=O)OCC(COC1OC(C(=O)O)C(O)C(O)C1OC(=O)CCCCCCCCCCC)OC(=O)CCCCCCCCCCCCCCCCC. The van der Waals surface area contributed by atoms with Crippen LogP contribution in [-0.2, 0) is 42.9 Å². The Balaban J connectivity index is 2.70. The second-order valence-electron chi connectivity index (χ2n) is 19.2. The Kier molecular flexibility index (Phi) is 42.7. The minimum atomic E-state index is -1.90. The molecule has 0 aromatic rings. The van der Waals surface area contributed by atoms with Crippen molar-refractivity contribution >= 4 is 23.9 Å². The molecule has 0 radical (unpaired) electrons. The van der Waals surface area contributed by atoms with Crippen molar-refractivity contribution < 1.29 is 58.2 Å². The van der Waals surface area contributed by atoms with Crippen molar-refractivity contribution in [2.24, 2.45) is 0 Å². The van der Waals surface area contributed by atoms with E-state index in [-0.39, 0.29) is 25.9 Å². The van der Waals surface area contributed by atoms with Crippen LogP contribution in [0, 0.1) is 0 Å². The average molecular weight is 977 g/mol. The molecule has 12 heteroatoms. The van der Waals surface area contributed by atoms with Gasteiger partial charge in [0, 0.05) is 19.3 Å². The lowest BCUT2D eigenvalue weighted by Crippen LogP contribution is -2.61. The average Bonchev–Trinajstić information content (AvgIpc) is 3.33. The number of unbranched alkanes of at least 4 members (excludes halogenated alkanes) is 27. The molecule has 3 N–H and O–H groups in total. The van der Waals surface area contributed by atoms with Crippen LogP contribution in [0.3, 0.4) is 0 Å². The van der Waals surface area contributed by atoms with Crippen LogP contribution in [0.4, 0.5) is 0 Å². The summed E-state index contributed by atoms with van der Waals surface area (Å²) in [5, 5.41) is 31.3. The normalized spacial score (nSPS) is 18.9. The molecule has 6 atom stereocenters. The van der Waals surface area contributed by atoms with E-state index in [1.807, 2.05) is 0 Å². The summed E-state index contributed by atoms with van der Waals surface area (Å²) in [6, 6.07) is 0. The first-order chi connectivity index (χ1) is 33.6. The Morgan fingerprint density at radius 3 is 1.39 bits per heavy atom. The third-order valence-electron chi connectivity index (χ3n) is 12.7. The lowest BCUT2D eigenvalue weighted by molar-refractivity contribution is -0.301. The van der Waals surface area contributed by atoms with Crippen LogP contribution >= 0.6 is 0 Å². The molecule has 6 unspecified atom stereocenters. The van der Waals surface area contributed by atoms with E-state index >= 15 is 0 Å². The van der Waals surface area contributed by atoms with Crippen LogP contribution in [0.2, 0.25) is 0 Å². The molecule has 69 heavy (non-hydrogen) atoms. The molecule has 0 spiro atoms. The number of esters is 3. The van der Waals surface area contributed by atoms with Crippen molar-refractivity contribution in [1.82, 2.24) is 0 Å². The Bertz CT molecular complexity index is 1350. The van der Waals surface area contributed by atoms with Crippen molar-refractivity contribution in [1.29, 1.82) is 0 Å². The van der Waals surface area contributed by atoms with Gasteiger partial charge in [0.05, 0.1) is 6.61 Å². The Hall–Kier alpha value is -3.06. The number of allylic oxidation sites excluding steroid dienone is 6. The minimum Gasteiger partial charge on any atom is -0.479 e. The largest absolute Gasteiger partial charge is 0.479 e. The van der Waals surface area contributed by atoms with E-state index < -0.39 is 67.3 Å². The van der Waals surface area contributed by atoms with E-state index in [1.54, 1.807) is 0 Å². The number of aliphatic carboxylic acids is 1. The third kappa shape index (κ3) is 36.5. The van der Waals surface area contributed by atoms with E-state index in [4.69, 9.17) is 23.7 Å². The van der Waals surface area contributed by atoms with E-state index in [2.05, 4.69) is 57.2 Å². The van der Waals surface area contributed by atoms with E-state index in [0.717, 1.165) is 96.3 Å². The molecule has 0 amide bonds. The van der Waals surface area contributed by atoms with Gasteiger partial charge in [-0.15, -0.1) is 0 Å². The number of ether oxygens (including phenoxy) is 5. The zero-order chi connectivity index (χ0) is 50.4. The summed E-state index contributed by atoms with van der Waals surface area (Å²) < 4.78 is 28.3. The predicted molar refractivity (Wildman–Crippen MR) is 276 cm³/mol. The van der Waals surface area contributed by atoms with Gasteiger partial charge in [0.15, 0.2) is 24.6 Å². The highest BCUT2D eigenvalue weighted by molar-refractivity contribution is 5.74. The van der Waals surface area contributed by atoms with Gasteiger partial charge in [-0.2, -0.15) is 0 Å². The fourth-order valence-electron chi connectivity index (χ4n) is 8.44. The number of aliphatic hydroxyl groups excluding tert-OH is 2. The quantitative estimate of drug-likeness (QED) is 0.0228. The summed E-state index contributed by atoms with van der Waals surface area (Å²) in [5.74, 6) is -3.12. The summed E-state index contributed by atoms with van der Waals surface area (Å²) in [7, 11) is 0. The highest BCUT2D eigenvalue weighted by Crippen LogP contribution is 2.26. The van der Waals surface area contributed by atoms with Crippen molar-refractivity contribution in [3.8, 4) is 0 Å². The molecular weight excluding hydrogens is 877 g/mol. The Labute approximate surface area is 419 Å². The van der Waals surface area contributed by atoms with Crippen molar-refractivity contribution in [3.05, 3.63) is 36.5 Å². The number of carboxylic acids is 1. The van der Waals surface area contributed by atoms with Gasteiger partial charge in [-0.1, -0.05) is 218 Å². The molecule has 0 saturated carbocycles. The molecule has 12 nitrogen and oxygen atoms in total. The zero-order valence-corrected chi connectivity index (χ0v) is 43.8. The maximum Gasteiger partial charge on any atom is 0.335 e. The standard InChI is InChI=1S/C57H100O12/c1-4-7-10-13-16-19-21-23-25-27-29-32-34-37-40-43-49(58)65-46-48(67-50(59)44-41-38-36-33-30-28-26-24-22-20-17-14-11-8-5-2)47-66-57-55(53(62)52(61)54(69-57)56(63)64)68-51(60)45-42-39-35-31-18-15-12-9-6-3/h7,10,16,19,23,25,48,52-55,57,61-62H,4-6,8-9,11-15,17-18,20-22,24,26-47H2,1-3H3,(H,63,64)/b10-7-,19-16-,25-23-. The first kappa shape index (κ1) is 64.0. The van der Waals surface area contributed by atoms with Gasteiger partial charge in [0.1, 0.15) is 18.8 Å². The third-order valence-corrected chi connectivity index (χ3v) is 12.7. The van der Waals surface area contributed by atoms with Gasteiger partial charge >= 0.3 is 23.9 Å². The smallest absolute Gasteiger partial charge is 0.335 e. The van der Waals surface area contributed by atoms with Gasteiger partial charge < -0.3 is 39.0 Å². The molecule has 1 aliphatic heterocycles. The van der Waals surface area contributed by atoms with Crippen LogP contribution in [0.15, 0.2) is 36.5 Å². The van der Waals surface area contributed by atoms with E-state index in [9.17, 15) is 34.5 Å². The van der Waals surface area contributed by atoms with Gasteiger partial charge in [-0.3, -0.25) is 14.4 Å². The van der Waals surface area contributed by atoms with Crippen molar-refractivity contribution in [2.75, 3.05) is 13.2 Å². The molecular formula is C57H100O12. The molecule has 0 aliphatic carbocycles. The topological polar surface area (TPSA) is 175 Å². The zero-order valence-electron chi connectivity index (χ0n) is 43.8. The highest BCUT2D eigenvalue weighted by atomic mass is 16.7. The number of carbonyl (C=O) groups excluding carboxylic acids is 3. The second kappa shape index (κ2) is 46.0. The van der Waals surface area contributed by atoms with Crippen LogP contribution in [0.25, 0.3) is 0 Å². The number of rotatable bonds is 47. The van der Waals surface area contributed by atoms with Gasteiger partial charge in [-0.05, 0) is 51.4 Å². The fraction of sp³-hybridized carbons (Fsp3) is 0.825. The second-order valence-corrected chi connectivity index (χ2v) is 19.2. The van der Waals surface area contributed by atoms with Crippen LogP contribution in [0.5, 0.6) is 0 Å². The molecule has 0 bridgehead atoms. The number of carboxylic acid groups (broad SMARTS) is 1. The number of carbonyl (C=O) groups is 4. The molecule has 400 valence electrons.